The van der Waals surface area contributed by atoms with Crippen molar-refractivity contribution in [3.63, 3.8) is 0 Å². The lowest BCUT2D eigenvalue weighted by Crippen LogP contribution is -2.21. The fourth-order valence-electron chi connectivity index (χ4n) is 1.90. The molecule has 8 nitrogen and oxygen atoms in total. The van der Waals surface area contributed by atoms with E-state index in [-0.39, 0.29) is 18.5 Å². The summed E-state index contributed by atoms with van der Waals surface area (Å²) < 4.78 is 12.3. The van der Waals surface area contributed by atoms with Crippen molar-refractivity contribution in [2.75, 3.05) is 12.5 Å². The standard InChI is InChI=1S/C14H15N5O3S/c1-9(10-3-4-11-12(5-10)22-8-21-11)16-17-13(20)6-23-14-18-15-7-19(14)2/h3-5,7H,6,8H2,1-2H3,(H,17,20)/b16-9-. The number of aromatic nitrogens is 3. The molecule has 0 saturated carbocycles. The van der Waals surface area contributed by atoms with Crippen LogP contribution in [0.15, 0.2) is 34.8 Å². The van der Waals surface area contributed by atoms with E-state index < -0.39 is 0 Å². The van der Waals surface area contributed by atoms with Crippen LogP contribution in [-0.4, -0.2) is 38.9 Å². The number of benzene rings is 1. The Balaban J connectivity index is 1.56. The van der Waals surface area contributed by atoms with Crippen LogP contribution in [0.4, 0.5) is 0 Å². The summed E-state index contributed by atoms with van der Waals surface area (Å²) in [5.74, 6) is 1.40. The van der Waals surface area contributed by atoms with Crippen LogP contribution < -0.4 is 14.9 Å². The lowest BCUT2D eigenvalue weighted by molar-refractivity contribution is -0.118. The summed E-state index contributed by atoms with van der Waals surface area (Å²) >= 11 is 1.30. The Morgan fingerprint density at radius 3 is 3.04 bits per heavy atom. The van der Waals surface area contributed by atoms with E-state index in [0.717, 1.165) is 5.56 Å². The van der Waals surface area contributed by atoms with Gasteiger partial charge >= 0.3 is 0 Å². The smallest absolute Gasteiger partial charge is 0.250 e. The van der Waals surface area contributed by atoms with E-state index in [1.807, 2.05) is 32.2 Å². The average molecular weight is 333 g/mol. The molecular weight excluding hydrogens is 318 g/mol. The third-order valence-electron chi connectivity index (χ3n) is 3.14. The molecule has 3 rings (SSSR count). The number of amides is 1. The van der Waals surface area contributed by atoms with E-state index in [9.17, 15) is 4.79 Å². The zero-order valence-corrected chi connectivity index (χ0v) is 13.5. The number of nitrogens with one attached hydrogen (secondary N) is 1. The van der Waals surface area contributed by atoms with E-state index >= 15 is 0 Å². The molecule has 2 heterocycles. The number of rotatable bonds is 5. The number of fused-ring (bicyclic) bond motifs is 1. The summed E-state index contributed by atoms with van der Waals surface area (Å²) in [5.41, 5.74) is 4.07. The largest absolute Gasteiger partial charge is 0.454 e. The molecule has 0 unspecified atom stereocenters. The Bertz CT molecular complexity index is 759. The molecule has 1 N–H and O–H groups in total. The van der Waals surface area contributed by atoms with Crippen molar-refractivity contribution in [2.45, 2.75) is 12.1 Å². The first kappa shape index (κ1) is 15.3. The molecule has 0 fully saturated rings. The molecule has 0 saturated heterocycles. The van der Waals surface area contributed by atoms with Crippen molar-refractivity contribution in [3.8, 4) is 11.5 Å². The van der Waals surface area contributed by atoms with Crippen LogP contribution >= 0.6 is 11.8 Å². The van der Waals surface area contributed by atoms with Crippen molar-refractivity contribution < 1.29 is 14.3 Å². The number of nitrogens with zero attached hydrogens (tertiary/aromatic N) is 4. The van der Waals surface area contributed by atoms with Gasteiger partial charge in [0, 0.05) is 12.6 Å². The number of thioether (sulfide) groups is 1. The molecule has 1 aliphatic heterocycles. The van der Waals surface area contributed by atoms with Gasteiger partial charge in [-0.3, -0.25) is 4.79 Å². The first-order valence-electron chi connectivity index (χ1n) is 6.83. The SMILES string of the molecule is C/C(=N/NC(=O)CSc1nncn1C)c1ccc2c(c1)OCO2. The molecule has 120 valence electrons. The first-order chi connectivity index (χ1) is 11.1. The second-order valence-corrected chi connectivity index (χ2v) is 5.76. The van der Waals surface area contributed by atoms with E-state index in [2.05, 4.69) is 20.7 Å². The summed E-state index contributed by atoms with van der Waals surface area (Å²) in [6, 6.07) is 5.52. The van der Waals surface area contributed by atoms with Gasteiger partial charge < -0.3 is 14.0 Å². The van der Waals surface area contributed by atoms with Gasteiger partial charge in [0.1, 0.15) is 6.33 Å². The van der Waals surface area contributed by atoms with Gasteiger partial charge in [-0.2, -0.15) is 5.10 Å². The minimum atomic E-state index is -0.210. The van der Waals surface area contributed by atoms with Crippen molar-refractivity contribution >= 4 is 23.4 Å². The highest BCUT2D eigenvalue weighted by Crippen LogP contribution is 2.32. The van der Waals surface area contributed by atoms with Gasteiger partial charge in [0.15, 0.2) is 16.7 Å². The molecule has 0 bridgehead atoms. The van der Waals surface area contributed by atoms with Crippen LogP contribution in [0.1, 0.15) is 12.5 Å². The molecule has 0 spiro atoms. The predicted molar refractivity (Wildman–Crippen MR) is 84.6 cm³/mol. The lowest BCUT2D eigenvalue weighted by Gasteiger charge is -2.04. The lowest BCUT2D eigenvalue weighted by atomic mass is 10.1. The van der Waals surface area contributed by atoms with E-state index in [0.29, 0.717) is 22.4 Å². The maximum atomic E-state index is 11.8. The first-order valence-corrected chi connectivity index (χ1v) is 7.82. The Kier molecular flexibility index (Phi) is 4.47. The molecule has 1 aliphatic rings. The van der Waals surface area contributed by atoms with Crippen LogP contribution in [0.25, 0.3) is 0 Å². The van der Waals surface area contributed by atoms with Gasteiger partial charge in [-0.25, -0.2) is 5.43 Å². The molecule has 0 radical (unpaired) electrons. The maximum absolute atomic E-state index is 11.8. The molecule has 0 atom stereocenters. The Hall–Kier alpha value is -2.55. The van der Waals surface area contributed by atoms with Crippen LogP contribution in [0, 0.1) is 0 Å². The molecule has 1 amide bonds. The minimum absolute atomic E-state index is 0.210. The summed E-state index contributed by atoms with van der Waals surface area (Å²) in [4.78, 5) is 11.8. The number of ether oxygens (including phenoxy) is 2. The number of carbonyl (C=O) groups excluding carboxylic acids is 1. The molecule has 23 heavy (non-hydrogen) atoms. The van der Waals surface area contributed by atoms with Crippen LogP contribution in [0.5, 0.6) is 11.5 Å². The van der Waals surface area contributed by atoms with Crippen molar-refractivity contribution in [1.82, 2.24) is 20.2 Å². The van der Waals surface area contributed by atoms with E-state index in [4.69, 9.17) is 9.47 Å². The molecule has 9 heteroatoms. The van der Waals surface area contributed by atoms with Crippen molar-refractivity contribution in [2.24, 2.45) is 12.1 Å². The Morgan fingerprint density at radius 1 is 1.43 bits per heavy atom. The van der Waals surface area contributed by atoms with Gasteiger partial charge in [0.2, 0.25) is 6.79 Å². The maximum Gasteiger partial charge on any atom is 0.250 e. The molecular formula is C14H15N5O3S. The predicted octanol–water partition coefficient (Wildman–Crippen LogP) is 1.18. The third kappa shape index (κ3) is 3.62. The minimum Gasteiger partial charge on any atom is -0.454 e. The highest BCUT2D eigenvalue weighted by Gasteiger charge is 2.14. The number of hydrogen-bond acceptors (Lipinski definition) is 7. The van der Waals surface area contributed by atoms with Gasteiger partial charge in [0.05, 0.1) is 11.5 Å². The molecule has 2 aromatic rings. The fraction of sp³-hybridized carbons (Fsp3) is 0.286. The highest BCUT2D eigenvalue weighted by atomic mass is 32.2. The topological polar surface area (TPSA) is 90.6 Å². The van der Waals surface area contributed by atoms with Crippen LogP contribution in [0.2, 0.25) is 0 Å². The van der Waals surface area contributed by atoms with E-state index in [1.165, 1.54) is 11.8 Å². The quantitative estimate of drug-likeness (QED) is 0.502. The van der Waals surface area contributed by atoms with E-state index in [1.54, 1.807) is 10.9 Å². The zero-order chi connectivity index (χ0) is 16.2. The molecule has 1 aromatic heterocycles. The summed E-state index contributed by atoms with van der Waals surface area (Å²) in [6.45, 7) is 2.04. The van der Waals surface area contributed by atoms with Crippen molar-refractivity contribution in [3.05, 3.63) is 30.1 Å². The highest BCUT2D eigenvalue weighted by molar-refractivity contribution is 7.99. The monoisotopic (exact) mass is 333 g/mol. The van der Waals surface area contributed by atoms with Crippen molar-refractivity contribution in [1.29, 1.82) is 0 Å². The summed E-state index contributed by atoms with van der Waals surface area (Å²) in [5, 5.41) is 12.4. The van der Waals surface area contributed by atoms with Gasteiger partial charge in [-0.15, -0.1) is 10.2 Å². The second-order valence-electron chi connectivity index (χ2n) is 4.81. The number of aryl methyl sites for hydroxylation is 1. The zero-order valence-electron chi connectivity index (χ0n) is 12.6. The van der Waals surface area contributed by atoms with Crippen LogP contribution in [-0.2, 0) is 11.8 Å². The summed E-state index contributed by atoms with van der Waals surface area (Å²) in [6.07, 6.45) is 1.59. The number of hydrazone groups is 1. The van der Waals surface area contributed by atoms with Gasteiger partial charge in [-0.05, 0) is 25.1 Å². The van der Waals surface area contributed by atoms with Gasteiger partial charge in [0.25, 0.3) is 5.91 Å². The Morgan fingerprint density at radius 2 is 2.26 bits per heavy atom. The number of hydrogen-bond donors (Lipinski definition) is 1. The number of carbonyl (C=O) groups is 1. The molecule has 1 aromatic carbocycles. The van der Waals surface area contributed by atoms with Crippen LogP contribution in [0.3, 0.4) is 0 Å². The third-order valence-corrected chi connectivity index (χ3v) is 4.18. The normalized spacial score (nSPS) is 13.2. The molecule has 0 aliphatic carbocycles. The van der Waals surface area contributed by atoms with Gasteiger partial charge in [-0.1, -0.05) is 11.8 Å². The fourth-order valence-corrected chi connectivity index (χ4v) is 2.58. The Labute approximate surface area is 136 Å². The second kappa shape index (κ2) is 6.69. The summed E-state index contributed by atoms with van der Waals surface area (Å²) in [7, 11) is 1.82. The average Bonchev–Trinajstić information content (AvgIpc) is 3.18.